The van der Waals surface area contributed by atoms with Crippen molar-refractivity contribution in [2.24, 2.45) is 5.92 Å². The maximum atomic E-state index is 9.33. The molecule has 0 saturated carbocycles. The third-order valence-electron chi connectivity index (χ3n) is 3.31. The Balaban J connectivity index is 4.13. The lowest BCUT2D eigenvalue weighted by molar-refractivity contribution is -0.136. The van der Waals surface area contributed by atoms with Crippen LogP contribution < -0.4 is 0 Å². The molecule has 0 unspecified atom stereocenters. The maximum Gasteiger partial charge on any atom is 0.146 e. The van der Waals surface area contributed by atoms with E-state index in [4.69, 9.17) is 14.2 Å². The van der Waals surface area contributed by atoms with Crippen LogP contribution >= 0.6 is 0 Å². The summed E-state index contributed by atoms with van der Waals surface area (Å²) in [6.07, 6.45) is 6.61. The van der Waals surface area contributed by atoms with Gasteiger partial charge in [-0.1, -0.05) is 37.6 Å². The number of ether oxygens (including phenoxy) is 3. The topological polar surface area (TPSA) is 47.9 Å². The van der Waals surface area contributed by atoms with Gasteiger partial charge >= 0.3 is 0 Å². The summed E-state index contributed by atoms with van der Waals surface area (Å²) in [5, 5.41) is 9.33. The van der Waals surface area contributed by atoms with Crippen molar-refractivity contribution in [1.82, 2.24) is 0 Å². The van der Waals surface area contributed by atoms with Crippen LogP contribution in [0.2, 0.25) is 0 Å². The molecule has 0 aromatic heterocycles. The second kappa shape index (κ2) is 12.1. The summed E-state index contributed by atoms with van der Waals surface area (Å²) in [6, 6.07) is 0. The Bertz CT molecular complexity index is 276. The molecule has 0 aromatic rings. The van der Waals surface area contributed by atoms with Gasteiger partial charge in [-0.15, -0.1) is 0 Å². The predicted molar refractivity (Wildman–Crippen MR) is 81.6 cm³/mol. The van der Waals surface area contributed by atoms with Gasteiger partial charge in [0.2, 0.25) is 0 Å². The molecule has 4 nitrogen and oxygen atoms in total. The summed E-state index contributed by atoms with van der Waals surface area (Å²) >= 11 is 0. The van der Waals surface area contributed by atoms with Crippen LogP contribution in [-0.4, -0.2) is 44.9 Å². The number of aliphatic hydroxyl groups excluding tert-OH is 1. The van der Waals surface area contributed by atoms with Crippen LogP contribution in [0.25, 0.3) is 0 Å². The fourth-order valence-corrected chi connectivity index (χ4v) is 2.13. The Morgan fingerprint density at radius 1 is 1.25 bits per heavy atom. The number of allylic oxidation sites excluding steroid dienone is 3. The van der Waals surface area contributed by atoms with Gasteiger partial charge in [-0.25, -0.2) is 0 Å². The molecule has 0 fully saturated rings. The monoisotopic (exact) mass is 286 g/mol. The minimum atomic E-state index is -0.333. The lowest BCUT2D eigenvalue weighted by Gasteiger charge is -2.24. The second-order valence-electron chi connectivity index (χ2n) is 5.09. The normalized spacial score (nSPS) is 16.8. The molecule has 0 amide bonds. The van der Waals surface area contributed by atoms with Crippen molar-refractivity contribution in [1.29, 1.82) is 0 Å². The van der Waals surface area contributed by atoms with E-state index < -0.39 is 0 Å². The summed E-state index contributed by atoms with van der Waals surface area (Å²) < 4.78 is 15.7. The second-order valence-corrected chi connectivity index (χ2v) is 5.09. The predicted octanol–water partition coefficient (Wildman–Crippen LogP) is 2.92. The molecule has 0 rings (SSSR count). The number of hydrogen-bond donors (Lipinski definition) is 1. The molecule has 0 spiro atoms. The van der Waals surface area contributed by atoms with Gasteiger partial charge in [0.15, 0.2) is 0 Å². The summed E-state index contributed by atoms with van der Waals surface area (Å²) in [5.41, 5.74) is 1.21. The third-order valence-corrected chi connectivity index (χ3v) is 3.31. The van der Waals surface area contributed by atoms with Crippen LogP contribution in [0.4, 0.5) is 0 Å². The average Bonchev–Trinajstić information content (AvgIpc) is 2.45. The van der Waals surface area contributed by atoms with Gasteiger partial charge in [0, 0.05) is 14.2 Å². The lowest BCUT2D eigenvalue weighted by Crippen LogP contribution is -2.34. The van der Waals surface area contributed by atoms with Crippen LogP contribution in [-0.2, 0) is 14.2 Å². The quantitative estimate of drug-likeness (QED) is 0.443. The van der Waals surface area contributed by atoms with Crippen molar-refractivity contribution in [3.63, 3.8) is 0 Å². The van der Waals surface area contributed by atoms with E-state index in [1.54, 1.807) is 14.2 Å². The van der Waals surface area contributed by atoms with E-state index >= 15 is 0 Å². The zero-order chi connectivity index (χ0) is 15.4. The molecule has 3 atom stereocenters. The van der Waals surface area contributed by atoms with E-state index in [1.165, 1.54) is 5.57 Å². The van der Waals surface area contributed by atoms with E-state index in [9.17, 15) is 5.11 Å². The molecule has 0 aliphatic rings. The number of methoxy groups -OCH3 is 2. The van der Waals surface area contributed by atoms with Gasteiger partial charge in [0.1, 0.15) is 12.9 Å². The summed E-state index contributed by atoms with van der Waals surface area (Å²) in [4.78, 5) is 0. The van der Waals surface area contributed by atoms with E-state index in [0.717, 1.165) is 19.3 Å². The van der Waals surface area contributed by atoms with Gasteiger partial charge < -0.3 is 19.3 Å². The first kappa shape index (κ1) is 19.3. The van der Waals surface area contributed by atoms with Crippen LogP contribution in [0, 0.1) is 5.92 Å². The van der Waals surface area contributed by atoms with Crippen molar-refractivity contribution >= 4 is 0 Å². The minimum absolute atomic E-state index is 0.0626. The third kappa shape index (κ3) is 8.48. The molecule has 0 bridgehead atoms. The van der Waals surface area contributed by atoms with Gasteiger partial charge in [-0.2, -0.15) is 0 Å². The van der Waals surface area contributed by atoms with E-state index in [-0.39, 0.29) is 25.6 Å². The molecule has 0 radical (unpaired) electrons. The van der Waals surface area contributed by atoms with Gasteiger partial charge in [-0.05, 0) is 25.7 Å². The highest BCUT2D eigenvalue weighted by molar-refractivity contribution is 5.13. The maximum absolute atomic E-state index is 9.33. The Morgan fingerprint density at radius 2 is 1.95 bits per heavy atom. The first-order chi connectivity index (χ1) is 9.58. The summed E-state index contributed by atoms with van der Waals surface area (Å²) in [5.74, 6) is 0.512. The van der Waals surface area contributed by atoms with Crippen LogP contribution in [0.3, 0.4) is 0 Å². The highest BCUT2D eigenvalue weighted by Crippen LogP contribution is 2.17. The van der Waals surface area contributed by atoms with Crippen molar-refractivity contribution in [3.8, 4) is 0 Å². The molecule has 0 heterocycles. The highest BCUT2D eigenvalue weighted by atomic mass is 16.7. The summed E-state index contributed by atoms with van der Waals surface area (Å²) in [6.45, 7) is 8.11. The molecule has 0 saturated heterocycles. The molecule has 4 heteroatoms. The molecule has 118 valence electrons. The molecule has 0 aliphatic carbocycles. The van der Waals surface area contributed by atoms with E-state index in [0.29, 0.717) is 5.92 Å². The Labute approximate surface area is 123 Å². The van der Waals surface area contributed by atoms with Crippen LogP contribution in [0.15, 0.2) is 24.3 Å². The van der Waals surface area contributed by atoms with E-state index in [2.05, 4.69) is 26.5 Å². The molecular formula is C16H30O4. The molecule has 0 aliphatic heterocycles. The smallest absolute Gasteiger partial charge is 0.146 e. The number of aliphatic hydroxyl groups is 1. The zero-order valence-corrected chi connectivity index (χ0v) is 13.3. The van der Waals surface area contributed by atoms with Crippen molar-refractivity contribution in [2.45, 2.75) is 45.3 Å². The van der Waals surface area contributed by atoms with Crippen molar-refractivity contribution in [2.75, 3.05) is 27.6 Å². The average molecular weight is 286 g/mol. The van der Waals surface area contributed by atoms with Crippen molar-refractivity contribution in [3.05, 3.63) is 24.3 Å². The van der Waals surface area contributed by atoms with Crippen LogP contribution in [0.5, 0.6) is 0 Å². The highest BCUT2D eigenvalue weighted by Gasteiger charge is 2.21. The fraction of sp³-hybridized carbons (Fsp3) is 0.750. The van der Waals surface area contributed by atoms with Gasteiger partial charge in [-0.3, -0.25) is 0 Å². The Morgan fingerprint density at radius 3 is 2.45 bits per heavy atom. The molecule has 0 aromatic carbocycles. The number of rotatable bonds is 12. The Hall–Kier alpha value is -0.680. The SMILES string of the molecule is C=C/C(C)=C\[C@@H](C)CCC[C@H](OC)[C@H](CO)OCOC. The van der Waals surface area contributed by atoms with Gasteiger partial charge in [0.25, 0.3) is 0 Å². The standard InChI is InChI=1S/C16H30O4/c1-6-13(2)10-14(3)8-7-9-15(19-5)16(11-17)20-12-18-4/h6,10,14-17H,1,7-9,11-12H2,2-5H3/b13-10-/t14-,15-,16-/m0/s1. The largest absolute Gasteiger partial charge is 0.394 e. The molecule has 1 N–H and O–H groups in total. The minimum Gasteiger partial charge on any atom is -0.394 e. The zero-order valence-electron chi connectivity index (χ0n) is 13.3. The fourth-order valence-electron chi connectivity index (χ4n) is 2.13. The first-order valence-corrected chi connectivity index (χ1v) is 7.14. The van der Waals surface area contributed by atoms with E-state index in [1.807, 2.05) is 6.08 Å². The number of hydrogen-bond acceptors (Lipinski definition) is 4. The lowest BCUT2D eigenvalue weighted by atomic mass is 9.98. The first-order valence-electron chi connectivity index (χ1n) is 7.14. The summed E-state index contributed by atoms with van der Waals surface area (Å²) in [7, 11) is 3.21. The van der Waals surface area contributed by atoms with Crippen LogP contribution in [0.1, 0.15) is 33.1 Å². The molecule has 20 heavy (non-hydrogen) atoms. The Kier molecular flexibility index (Phi) is 11.7. The van der Waals surface area contributed by atoms with Crippen molar-refractivity contribution < 1.29 is 19.3 Å². The van der Waals surface area contributed by atoms with Gasteiger partial charge in [0.05, 0.1) is 12.7 Å². The molecular weight excluding hydrogens is 256 g/mol.